The summed E-state index contributed by atoms with van der Waals surface area (Å²) < 4.78 is 27.1. The number of carbonyl (C=O) groups is 1. The van der Waals surface area contributed by atoms with Gasteiger partial charge in [-0.15, -0.1) is 0 Å². The van der Waals surface area contributed by atoms with E-state index in [0.717, 1.165) is 12.1 Å². The zero-order chi connectivity index (χ0) is 16.1. The summed E-state index contributed by atoms with van der Waals surface area (Å²) in [5.41, 5.74) is 6.87. The fourth-order valence-corrected chi connectivity index (χ4v) is 2.05. The van der Waals surface area contributed by atoms with E-state index in [-0.39, 0.29) is 12.0 Å². The maximum absolute atomic E-state index is 14.0. The first-order valence-electron chi connectivity index (χ1n) is 6.68. The fraction of sp³-hybridized carbons (Fsp3) is 0.118. The molecule has 2 aromatic rings. The summed E-state index contributed by atoms with van der Waals surface area (Å²) in [5.74, 6) is -2.52. The molecule has 0 radical (unpaired) electrons. The second kappa shape index (κ2) is 6.95. The van der Waals surface area contributed by atoms with Crippen LogP contribution in [0.3, 0.4) is 0 Å². The number of benzene rings is 2. The Morgan fingerprint density at radius 2 is 1.86 bits per heavy atom. The Morgan fingerprint density at radius 3 is 2.45 bits per heavy atom. The minimum atomic E-state index is -1.14. The average Bonchev–Trinajstić information content (AvgIpc) is 2.50. The van der Waals surface area contributed by atoms with Crippen LogP contribution in [-0.4, -0.2) is 17.1 Å². The molecule has 2 rings (SSSR count). The highest BCUT2D eigenvalue weighted by molar-refractivity contribution is 5.81. The molecule has 1 atom stereocenters. The molecule has 22 heavy (non-hydrogen) atoms. The van der Waals surface area contributed by atoms with Crippen molar-refractivity contribution in [2.75, 3.05) is 0 Å². The normalized spacial score (nSPS) is 13.0. The monoisotopic (exact) mass is 303 g/mol. The molecule has 0 heterocycles. The van der Waals surface area contributed by atoms with Crippen molar-refractivity contribution in [2.24, 2.45) is 5.73 Å². The highest BCUT2D eigenvalue weighted by atomic mass is 19.1. The molecule has 2 aromatic carbocycles. The molecular weight excluding hydrogens is 288 g/mol. The molecule has 0 aliphatic heterocycles. The quantitative estimate of drug-likeness (QED) is 0.891. The molecule has 3 nitrogen and oxygen atoms in total. The van der Waals surface area contributed by atoms with Crippen LogP contribution in [0.5, 0.6) is 0 Å². The SMILES string of the molecule is NC(CC=C(c1ccccc1)c1ccc(F)cc1F)C(=O)O. The molecule has 0 aliphatic rings. The van der Waals surface area contributed by atoms with Crippen molar-refractivity contribution in [1.82, 2.24) is 0 Å². The van der Waals surface area contributed by atoms with Crippen LogP contribution in [0, 0.1) is 11.6 Å². The van der Waals surface area contributed by atoms with Crippen LogP contribution in [0.1, 0.15) is 17.5 Å². The molecular formula is C17H15F2NO2. The van der Waals surface area contributed by atoms with Gasteiger partial charge in [-0.1, -0.05) is 36.4 Å². The van der Waals surface area contributed by atoms with Gasteiger partial charge in [-0.25, -0.2) is 8.78 Å². The second-order valence-electron chi connectivity index (χ2n) is 4.79. The van der Waals surface area contributed by atoms with E-state index in [1.54, 1.807) is 30.3 Å². The van der Waals surface area contributed by atoms with Crippen LogP contribution in [0.25, 0.3) is 5.57 Å². The van der Waals surface area contributed by atoms with Gasteiger partial charge in [0, 0.05) is 11.6 Å². The Labute approximate surface area is 126 Å². The number of carboxylic acids is 1. The molecule has 0 aromatic heterocycles. The van der Waals surface area contributed by atoms with Crippen LogP contribution < -0.4 is 5.73 Å². The first-order chi connectivity index (χ1) is 10.5. The Hall–Kier alpha value is -2.53. The molecule has 1 unspecified atom stereocenters. The van der Waals surface area contributed by atoms with E-state index in [9.17, 15) is 13.6 Å². The van der Waals surface area contributed by atoms with E-state index in [1.165, 1.54) is 6.07 Å². The van der Waals surface area contributed by atoms with Gasteiger partial charge in [0.2, 0.25) is 0 Å². The molecule has 0 aliphatic carbocycles. The summed E-state index contributed by atoms with van der Waals surface area (Å²) in [5, 5.41) is 8.85. The largest absolute Gasteiger partial charge is 0.480 e. The molecule has 0 saturated heterocycles. The average molecular weight is 303 g/mol. The number of halogens is 2. The third-order valence-electron chi connectivity index (χ3n) is 3.20. The number of rotatable bonds is 5. The number of hydrogen-bond donors (Lipinski definition) is 2. The summed E-state index contributed by atoms with van der Waals surface area (Å²) in [7, 11) is 0. The fourth-order valence-electron chi connectivity index (χ4n) is 2.05. The number of carboxylic acid groups (broad SMARTS) is 1. The number of nitrogens with two attached hydrogens (primary N) is 1. The van der Waals surface area contributed by atoms with Crippen LogP contribution in [-0.2, 0) is 4.79 Å². The van der Waals surface area contributed by atoms with Gasteiger partial charge in [-0.3, -0.25) is 4.79 Å². The predicted octanol–water partition coefficient (Wildman–Crippen LogP) is 3.20. The first kappa shape index (κ1) is 15.9. The van der Waals surface area contributed by atoms with Gasteiger partial charge in [-0.05, 0) is 29.7 Å². The van der Waals surface area contributed by atoms with Crippen LogP contribution in [0.15, 0.2) is 54.6 Å². The summed E-state index contributed by atoms with van der Waals surface area (Å²) in [6.45, 7) is 0. The zero-order valence-corrected chi connectivity index (χ0v) is 11.7. The first-order valence-corrected chi connectivity index (χ1v) is 6.68. The van der Waals surface area contributed by atoms with Gasteiger partial charge in [-0.2, -0.15) is 0 Å². The summed E-state index contributed by atoms with van der Waals surface area (Å²) in [6, 6.07) is 11.1. The van der Waals surface area contributed by atoms with Gasteiger partial charge in [0.15, 0.2) is 0 Å². The molecule has 3 N–H and O–H groups in total. The van der Waals surface area contributed by atoms with Crippen molar-refractivity contribution in [3.8, 4) is 0 Å². The van der Waals surface area contributed by atoms with Crippen molar-refractivity contribution in [3.05, 3.63) is 77.4 Å². The maximum atomic E-state index is 14.0. The molecule has 0 bridgehead atoms. The lowest BCUT2D eigenvalue weighted by Crippen LogP contribution is -2.29. The highest BCUT2D eigenvalue weighted by Gasteiger charge is 2.14. The predicted molar refractivity (Wildman–Crippen MR) is 80.1 cm³/mol. The van der Waals surface area contributed by atoms with Crippen molar-refractivity contribution in [3.63, 3.8) is 0 Å². The van der Waals surface area contributed by atoms with Crippen LogP contribution in [0.2, 0.25) is 0 Å². The minimum absolute atomic E-state index is 0.0381. The standard InChI is InChI=1S/C17H15F2NO2/c18-12-6-7-14(15(19)10-12)13(8-9-16(20)17(21)22)11-4-2-1-3-5-11/h1-8,10,16H,9,20H2,(H,21,22). The van der Waals surface area contributed by atoms with E-state index < -0.39 is 23.6 Å². The van der Waals surface area contributed by atoms with Gasteiger partial charge < -0.3 is 10.8 Å². The van der Waals surface area contributed by atoms with Gasteiger partial charge in [0.1, 0.15) is 17.7 Å². The van der Waals surface area contributed by atoms with Crippen LogP contribution >= 0.6 is 0 Å². The van der Waals surface area contributed by atoms with Crippen molar-refractivity contribution in [2.45, 2.75) is 12.5 Å². The topological polar surface area (TPSA) is 63.3 Å². The van der Waals surface area contributed by atoms with E-state index >= 15 is 0 Å². The lowest BCUT2D eigenvalue weighted by molar-refractivity contribution is -0.138. The van der Waals surface area contributed by atoms with Crippen molar-refractivity contribution < 1.29 is 18.7 Å². The Bertz CT molecular complexity index is 699. The second-order valence-corrected chi connectivity index (χ2v) is 4.79. The van der Waals surface area contributed by atoms with Gasteiger partial charge >= 0.3 is 5.97 Å². The number of aliphatic carboxylic acids is 1. The summed E-state index contributed by atoms with van der Waals surface area (Å²) >= 11 is 0. The Kier molecular flexibility index (Phi) is 5.01. The maximum Gasteiger partial charge on any atom is 0.320 e. The van der Waals surface area contributed by atoms with E-state index in [2.05, 4.69) is 0 Å². The van der Waals surface area contributed by atoms with Crippen molar-refractivity contribution in [1.29, 1.82) is 0 Å². The molecule has 5 heteroatoms. The molecule has 114 valence electrons. The summed E-state index contributed by atoms with van der Waals surface area (Å²) in [6.07, 6.45) is 1.60. The zero-order valence-electron chi connectivity index (χ0n) is 11.7. The minimum Gasteiger partial charge on any atom is -0.480 e. The third-order valence-corrected chi connectivity index (χ3v) is 3.20. The van der Waals surface area contributed by atoms with Crippen molar-refractivity contribution >= 4 is 11.5 Å². The van der Waals surface area contributed by atoms with Gasteiger partial charge in [0.05, 0.1) is 0 Å². The third kappa shape index (κ3) is 3.77. The van der Waals surface area contributed by atoms with E-state index in [1.807, 2.05) is 6.07 Å². The molecule has 0 saturated carbocycles. The van der Waals surface area contributed by atoms with Crippen LogP contribution in [0.4, 0.5) is 8.78 Å². The van der Waals surface area contributed by atoms with E-state index in [4.69, 9.17) is 10.8 Å². The number of hydrogen-bond acceptors (Lipinski definition) is 2. The molecule has 0 spiro atoms. The Balaban J connectivity index is 2.46. The molecule has 0 amide bonds. The lowest BCUT2D eigenvalue weighted by atomic mass is 9.95. The van der Waals surface area contributed by atoms with E-state index in [0.29, 0.717) is 11.1 Å². The van der Waals surface area contributed by atoms with Gasteiger partial charge in [0.25, 0.3) is 0 Å². The summed E-state index contributed by atoms with van der Waals surface area (Å²) in [4.78, 5) is 10.8. The molecule has 0 fully saturated rings. The smallest absolute Gasteiger partial charge is 0.320 e. The lowest BCUT2D eigenvalue weighted by Gasteiger charge is -2.11. The highest BCUT2D eigenvalue weighted by Crippen LogP contribution is 2.26. The Morgan fingerprint density at radius 1 is 1.18 bits per heavy atom.